The van der Waals surface area contributed by atoms with Crippen LogP contribution in [0.25, 0.3) is 0 Å². The van der Waals surface area contributed by atoms with Gasteiger partial charge in [-0.2, -0.15) is 0 Å². The summed E-state index contributed by atoms with van der Waals surface area (Å²) >= 11 is 0. The lowest BCUT2D eigenvalue weighted by Gasteiger charge is -2.23. The third kappa shape index (κ3) is 5.35. The highest BCUT2D eigenvalue weighted by atomic mass is 16.5. The minimum Gasteiger partial charge on any atom is -0.497 e. The number of rotatable bonds is 8. The number of ether oxygens (including phenoxy) is 1. The molecule has 4 heteroatoms. The average Bonchev–Trinajstić information content (AvgIpc) is 2.74. The summed E-state index contributed by atoms with van der Waals surface area (Å²) in [6.45, 7) is 1.13. The molecule has 0 aliphatic rings. The molecule has 27 heavy (non-hydrogen) atoms. The monoisotopic (exact) mass is 360 g/mol. The van der Waals surface area contributed by atoms with Gasteiger partial charge in [-0.15, -0.1) is 0 Å². The van der Waals surface area contributed by atoms with Gasteiger partial charge in [0.25, 0.3) is 0 Å². The van der Waals surface area contributed by atoms with Gasteiger partial charge in [-0.1, -0.05) is 48.5 Å². The second-order valence-electron chi connectivity index (χ2n) is 6.21. The summed E-state index contributed by atoms with van der Waals surface area (Å²) in [5, 5.41) is 3.29. The van der Waals surface area contributed by atoms with Gasteiger partial charge in [-0.25, -0.2) is 0 Å². The lowest BCUT2D eigenvalue weighted by molar-refractivity contribution is -0.118. The van der Waals surface area contributed by atoms with Crippen LogP contribution in [0.5, 0.6) is 5.75 Å². The van der Waals surface area contributed by atoms with Crippen molar-refractivity contribution in [1.29, 1.82) is 0 Å². The van der Waals surface area contributed by atoms with E-state index in [1.54, 1.807) is 7.11 Å². The molecule has 138 valence electrons. The zero-order valence-corrected chi connectivity index (χ0v) is 15.5. The van der Waals surface area contributed by atoms with Crippen molar-refractivity contribution in [2.75, 3.05) is 23.9 Å². The van der Waals surface area contributed by atoms with E-state index >= 15 is 0 Å². The van der Waals surface area contributed by atoms with Gasteiger partial charge in [-0.3, -0.25) is 4.79 Å². The van der Waals surface area contributed by atoms with Crippen molar-refractivity contribution in [1.82, 2.24) is 0 Å². The van der Waals surface area contributed by atoms with Crippen molar-refractivity contribution in [3.63, 3.8) is 0 Å². The maximum absolute atomic E-state index is 12.9. The highest BCUT2D eigenvalue weighted by molar-refractivity contribution is 5.93. The van der Waals surface area contributed by atoms with Crippen LogP contribution in [-0.4, -0.2) is 19.6 Å². The van der Waals surface area contributed by atoms with Crippen LogP contribution in [0.3, 0.4) is 0 Å². The highest BCUT2D eigenvalue weighted by Gasteiger charge is 2.15. The topological polar surface area (TPSA) is 41.6 Å². The largest absolute Gasteiger partial charge is 0.497 e. The number of methoxy groups -OCH3 is 1. The molecule has 1 N–H and O–H groups in total. The Hall–Kier alpha value is -3.27. The van der Waals surface area contributed by atoms with Gasteiger partial charge in [-0.05, 0) is 42.0 Å². The van der Waals surface area contributed by atoms with E-state index in [9.17, 15) is 4.79 Å². The molecule has 0 fully saturated rings. The van der Waals surface area contributed by atoms with Crippen molar-refractivity contribution < 1.29 is 9.53 Å². The van der Waals surface area contributed by atoms with Crippen LogP contribution in [0.1, 0.15) is 12.0 Å². The second kappa shape index (κ2) is 9.43. The molecule has 1 amide bonds. The predicted molar refractivity (Wildman–Crippen MR) is 110 cm³/mol. The van der Waals surface area contributed by atoms with Crippen LogP contribution < -0.4 is 15.0 Å². The van der Waals surface area contributed by atoms with E-state index in [0.29, 0.717) is 19.5 Å². The van der Waals surface area contributed by atoms with E-state index < -0.39 is 0 Å². The number of benzene rings is 3. The fourth-order valence-corrected chi connectivity index (χ4v) is 2.85. The number of para-hydroxylation sites is 1. The van der Waals surface area contributed by atoms with E-state index in [4.69, 9.17) is 4.74 Å². The maximum atomic E-state index is 12.9. The molecule has 0 aromatic heterocycles. The molecule has 0 unspecified atom stereocenters. The zero-order chi connectivity index (χ0) is 18.9. The Morgan fingerprint density at radius 2 is 1.52 bits per heavy atom. The third-order valence-electron chi connectivity index (χ3n) is 4.31. The van der Waals surface area contributed by atoms with E-state index in [1.807, 2.05) is 89.8 Å². The Kier molecular flexibility index (Phi) is 6.47. The zero-order valence-electron chi connectivity index (χ0n) is 15.5. The molecule has 0 aliphatic heterocycles. The van der Waals surface area contributed by atoms with E-state index in [-0.39, 0.29) is 5.91 Å². The summed E-state index contributed by atoms with van der Waals surface area (Å²) in [6.07, 6.45) is 0.410. The number of amides is 1. The molecule has 0 atom stereocenters. The Morgan fingerprint density at radius 1 is 0.889 bits per heavy atom. The SMILES string of the molecule is COc1ccc(NCCC(=O)N(Cc2ccccc2)c2ccccc2)cc1. The van der Waals surface area contributed by atoms with Crippen LogP contribution >= 0.6 is 0 Å². The summed E-state index contributed by atoms with van der Waals surface area (Å²) in [5.41, 5.74) is 2.99. The summed E-state index contributed by atoms with van der Waals surface area (Å²) in [5.74, 6) is 0.904. The smallest absolute Gasteiger partial charge is 0.229 e. The van der Waals surface area contributed by atoms with Gasteiger partial charge in [0.1, 0.15) is 5.75 Å². The molecule has 0 aliphatic carbocycles. The molecular formula is C23H24N2O2. The fraction of sp³-hybridized carbons (Fsp3) is 0.174. The molecule has 0 bridgehead atoms. The standard InChI is InChI=1S/C23H24N2O2/c1-27-22-14-12-20(13-15-22)24-17-16-23(26)25(21-10-6-3-7-11-21)18-19-8-4-2-5-9-19/h2-15,24H,16-18H2,1H3. The molecule has 3 aromatic carbocycles. The van der Waals surface area contributed by atoms with Gasteiger partial charge >= 0.3 is 0 Å². The van der Waals surface area contributed by atoms with Crippen molar-refractivity contribution in [3.05, 3.63) is 90.5 Å². The van der Waals surface area contributed by atoms with Crippen molar-refractivity contribution in [2.45, 2.75) is 13.0 Å². The second-order valence-corrected chi connectivity index (χ2v) is 6.21. The Morgan fingerprint density at radius 3 is 2.15 bits per heavy atom. The Balaban J connectivity index is 1.63. The Bertz CT molecular complexity index is 833. The van der Waals surface area contributed by atoms with Crippen LogP contribution in [0.4, 0.5) is 11.4 Å². The lowest BCUT2D eigenvalue weighted by Crippen LogP contribution is -2.31. The van der Waals surface area contributed by atoms with Gasteiger partial charge in [0.2, 0.25) is 5.91 Å². The number of hydrogen-bond donors (Lipinski definition) is 1. The molecule has 4 nitrogen and oxygen atoms in total. The molecular weight excluding hydrogens is 336 g/mol. The molecule has 3 rings (SSSR count). The fourth-order valence-electron chi connectivity index (χ4n) is 2.85. The number of carbonyl (C=O) groups excluding carboxylic acids is 1. The van der Waals surface area contributed by atoms with E-state index in [0.717, 1.165) is 22.7 Å². The minimum atomic E-state index is 0.0889. The highest BCUT2D eigenvalue weighted by Crippen LogP contribution is 2.19. The number of nitrogens with one attached hydrogen (secondary N) is 1. The third-order valence-corrected chi connectivity index (χ3v) is 4.31. The Labute approximate surface area is 160 Å². The first-order valence-corrected chi connectivity index (χ1v) is 9.03. The normalized spacial score (nSPS) is 10.3. The number of nitrogens with zero attached hydrogens (tertiary/aromatic N) is 1. The van der Waals surface area contributed by atoms with E-state index in [2.05, 4.69) is 5.32 Å². The maximum Gasteiger partial charge on any atom is 0.229 e. The van der Waals surface area contributed by atoms with Crippen LogP contribution in [0, 0.1) is 0 Å². The first-order valence-electron chi connectivity index (χ1n) is 9.03. The molecule has 0 heterocycles. The van der Waals surface area contributed by atoms with Gasteiger partial charge in [0.05, 0.1) is 13.7 Å². The number of hydrogen-bond acceptors (Lipinski definition) is 3. The number of anilines is 2. The van der Waals surface area contributed by atoms with E-state index in [1.165, 1.54) is 0 Å². The van der Waals surface area contributed by atoms with Crippen LogP contribution in [0.2, 0.25) is 0 Å². The molecule has 3 aromatic rings. The van der Waals surface area contributed by atoms with Crippen molar-refractivity contribution >= 4 is 17.3 Å². The first-order chi connectivity index (χ1) is 13.3. The van der Waals surface area contributed by atoms with Crippen LogP contribution in [-0.2, 0) is 11.3 Å². The number of carbonyl (C=O) groups is 1. The quantitative estimate of drug-likeness (QED) is 0.631. The summed E-state index contributed by atoms with van der Waals surface area (Å²) in [4.78, 5) is 14.7. The van der Waals surface area contributed by atoms with Crippen molar-refractivity contribution in [2.24, 2.45) is 0 Å². The van der Waals surface area contributed by atoms with Gasteiger partial charge in [0, 0.05) is 24.3 Å². The lowest BCUT2D eigenvalue weighted by atomic mass is 10.2. The molecule has 0 radical (unpaired) electrons. The average molecular weight is 360 g/mol. The van der Waals surface area contributed by atoms with Crippen molar-refractivity contribution in [3.8, 4) is 5.75 Å². The van der Waals surface area contributed by atoms with Crippen LogP contribution in [0.15, 0.2) is 84.9 Å². The summed E-state index contributed by atoms with van der Waals surface area (Å²) < 4.78 is 5.16. The summed E-state index contributed by atoms with van der Waals surface area (Å²) in [6, 6.07) is 27.6. The summed E-state index contributed by atoms with van der Waals surface area (Å²) in [7, 11) is 1.64. The molecule has 0 spiro atoms. The first kappa shape index (κ1) is 18.5. The van der Waals surface area contributed by atoms with Gasteiger partial charge < -0.3 is 15.0 Å². The predicted octanol–water partition coefficient (Wildman–Crippen LogP) is 4.73. The molecule has 0 saturated carbocycles. The minimum absolute atomic E-state index is 0.0889. The molecule has 0 saturated heterocycles. The van der Waals surface area contributed by atoms with Gasteiger partial charge in [0.15, 0.2) is 0 Å².